The Bertz CT molecular complexity index is 937. The van der Waals surface area contributed by atoms with E-state index in [0.29, 0.717) is 25.5 Å². The van der Waals surface area contributed by atoms with E-state index in [-0.39, 0.29) is 41.4 Å². The first-order valence-electron chi connectivity index (χ1n) is 10.4. The third-order valence-electron chi connectivity index (χ3n) is 4.93. The molecule has 7 heteroatoms. The van der Waals surface area contributed by atoms with Crippen LogP contribution in [0.15, 0.2) is 47.5 Å². The van der Waals surface area contributed by atoms with Crippen LogP contribution in [0.2, 0.25) is 0 Å². The molecule has 31 heavy (non-hydrogen) atoms. The molecule has 2 aromatic rings. The van der Waals surface area contributed by atoms with Gasteiger partial charge < -0.3 is 20.7 Å². The lowest BCUT2D eigenvalue weighted by molar-refractivity contribution is -0.116. The zero-order valence-electron chi connectivity index (χ0n) is 18.9. The van der Waals surface area contributed by atoms with Gasteiger partial charge in [0, 0.05) is 43.7 Å². The van der Waals surface area contributed by atoms with Crippen LogP contribution in [0.4, 0.5) is 5.69 Å². The highest BCUT2D eigenvalue weighted by Crippen LogP contribution is 2.31. The summed E-state index contributed by atoms with van der Waals surface area (Å²) in [6.45, 7) is 9.42. The second kappa shape index (κ2) is 10.8. The van der Waals surface area contributed by atoms with Gasteiger partial charge in [-0.1, -0.05) is 30.3 Å². The van der Waals surface area contributed by atoms with E-state index in [1.165, 1.54) is 0 Å². The number of halogens is 1. The largest absolute Gasteiger partial charge is 0.488 e. The first-order chi connectivity index (χ1) is 14.2. The minimum absolute atomic E-state index is 0. The van der Waals surface area contributed by atoms with E-state index in [1.54, 1.807) is 7.05 Å². The van der Waals surface area contributed by atoms with Crippen molar-refractivity contribution in [1.29, 1.82) is 0 Å². The number of amides is 1. The lowest BCUT2D eigenvalue weighted by Crippen LogP contribution is -2.40. The fraction of sp³-hybridized carbons (Fsp3) is 0.417. The number of benzene rings is 2. The summed E-state index contributed by atoms with van der Waals surface area (Å²) >= 11 is 0. The maximum atomic E-state index is 12.0. The fourth-order valence-electron chi connectivity index (χ4n) is 3.54. The second-order valence-electron chi connectivity index (χ2n) is 8.67. The van der Waals surface area contributed by atoms with Gasteiger partial charge in [-0.3, -0.25) is 9.79 Å². The highest BCUT2D eigenvalue weighted by Gasteiger charge is 2.24. The molecule has 0 radical (unpaired) electrons. The van der Waals surface area contributed by atoms with Crippen LogP contribution in [0.5, 0.6) is 5.75 Å². The van der Waals surface area contributed by atoms with Crippen LogP contribution < -0.4 is 20.7 Å². The predicted octanol–water partition coefficient (Wildman–Crippen LogP) is 4.58. The molecule has 2 aromatic carbocycles. The number of fused-ring (bicyclic) bond motifs is 1. The molecule has 3 rings (SSSR count). The maximum absolute atomic E-state index is 12.0. The van der Waals surface area contributed by atoms with Crippen molar-refractivity contribution in [2.45, 2.75) is 52.2 Å². The molecule has 1 heterocycles. The molecule has 0 bridgehead atoms. The van der Waals surface area contributed by atoms with E-state index >= 15 is 0 Å². The second-order valence-corrected chi connectivity index (χ2v) is 8.67. The third-order valence-corrected chi connectivity index (χ3v) is 4.93. The van der Waals surface area contributed by atoms with E-state index < -0.39 is 0 Å². The first-order valence-corrected chi connectivity index (χ1v) is 10.4. The third kappa shape index (κ3) is 7.12. The minimum atomic E-state index is -0.266. The summed E-state index contributed by atoms with van der Waals surface area (Å²) in [5.74, 6) is 1.73. The number of carbonyl (C=O) groups excluding carboxylic acids is 1. The van der Waals surface area contributed by atoms with Crippen molar-refractivity contribution in [3.8, 4) is 5.75 Å². The van der Waals surface area contributed by atoms with Gasteiger partial charge in [-0.05, 0) is 51.0 Å². The van der Waals surface area contributed by atoms with Gasteiger partial charge in [0.25, 0.3) is 0 Å². The Labute approximate surface area is 202 Å². The smallest absolute Gasteiger partial charge is 0.225 e. The minimum Gasteiger partial charge on any atom is -0.488 e. The van der Waals surface area contributed by atoms with E-state index in [4.69, 9.17) is 4.74 Å². The number of anilines is 1. The Hall–Kier alpha value is -2.29. The number of para-hydroxylation sites is 1. The monoisotopic (exact) mass is 536 g/mol. The van der Waals surface area contributed by atoms with E-state index in [9.17, 15) is 4.79 Å². The number of hydrogen-bond acceptors (Lipinski definition) is 3. The first kappa shape index (κ1) is 25.0. The van der Waals surface area contributed by atoms with Gasteiger partial charge in [0.1, 0.15) is 11.4 Å². The molecule has 1 atom stereocenters. The fourth-order valence-corrected chi connectivity index (χ4v) is 3.54. The zero-order chi connectivity index (χ0) is 21.7. The van der Waals surface area contributed by atoms with Crippen LogP contribution in [0, 0.1) is 6.92 Å². The number of aliphatic imine (C=N–C) groups is 1. The van der Waals surface area contributed by atoms with Crippen molar-refractivity contribution in [3.05, 3.63) is 59.2 Å². The van der Waals surface area contributed by atoms with Crippen molar-refractivity contribution in [1.82, 2.24) is 10.6 Å². The summed E-state index contributed by atoms with van der Waals surface area (Å²) in [6, 6.07) is 14.2. The molecule has 1 aliphatic rings. The van der Waals surface area contributed by atoms with Gasteiger partial charge in [0.2, 0.25) is 5.91 Å². The topological polar surface area (TPSA) is 74.8 Å². The summed E-state index contributed by atoms with van der Waals surface area (Å²) in [5, 5.41) is 9.67. The average molecular weight is 536 g/mol. The van der Waals surface area contributed by atoms with Gasteiger partial charge in [-0.15, -0.1) is 24.0 Å². The van der Waals surface area contributed by atoms with Crippen LogP contribution in [0.3, 0.4) is 0 Å². The Morgan fingerprint density at radius 2 is 1.94 bits per heavy atom. The van der Waals surface area contributed by atoms with Crippen LogP contribution in [-0.4, -0.2) is 31.1 Å². The number of hydrogen-bond donors (Lipinski definition) is 3. The number of rotatable bonds is 5. The van der Waals surface area contributed by atoms with Gasteiger partial charge in [-0.2, -0.15) is 0 Å². The highest BCUT2D eigenvalue weighted by atomic mass is 127. The predicted molar refractivity (Wildman–Crippen MR) is 138 cm³/mol. The summed E-state index contributed by atoms with van der Waals surface area (Å²) in [7, 11) is 1.75. The number of ether oxygens (including phenoxy) is 1. The molecule has 0 fully saturated rings. The molecule has 1 unspecified atom stereocenters. The van der Waals surface area contributed by atoms with Gasteiger partial charge in [0.15, 0.2) is 5.96 Å². The van der Waals surface area contributed by atoms with Crippen LogP contribution in [0.1, 0.15) is 49.8 Å². The Balaban J connectivity index is 0.00000341. The van der Waals surface area contributed by atoms with Crippen LogP contribution in [-0.2, 0) is 11.3 Å². The van der Waals surface area contributed by atoms with E-state index in [0.717, 1.165) is 28.1 Å². The molecule has 0 aromatic heterocycles. The van der Waals surface area contributed by atoms with Gasteiger partial charge in [-0.25, -0.2) is 0 Å². The number of nitrogens with one attached hydrogen (secondary N) is 3. The van der Waals surface area contributed by atoms with Gasteiger partial charge in [0.05, 0.1) is 0 Å². The summed E-state index contributed by atoms with van der Waals surface area (Å²) < 4.78 is 6.14. The molecule has 3 N–H and O–H groups in total. The summed E-state index contributed by atoms with van der Waals surface area (Å²) in [5.41, 5.74) is 4.01. The zero-order valence-corrected chi connectivity index (χ0v) is 21.2. The maximum Gasteiger partial charge on any atom is 0.225 e. The SMILES string of the molecule is CN=C(NCc1ccc(C)cc1OC(C)(C)C)NCC1CC(=O)Nc2ccccc21.I. The van der Waals surface area contributed by atoms with Crippen molar-refractivity contribution in [2.24, 2.45) is 4.99 Å². The van der Waals surface area contributed by atoms with Crippen molar-refractivity contribution in [2.75, 3.05) is 18.9 Å². The lowest BCUT2D eigenvalue weighted by atomic mass is 9.90. The molecular weight excluding hydrogens is 503 g/mol. The molecule has 0 spiro atoms. The lowest BCUT2D eigenvalue weighted by Gasteiger charge is -2.26. The average Bonchev–Trinajstić information content (AvgIpc) is 2.68. The Morgan fingerprint density at radius 1 is 1.19 bits per heavy atom. The summed E-state index contributed by atoms with van der Waals surface area (Å²) in [4.78, 5) is 16.4. The Kier molecular flexibility index (Phi) is 8.73. The number of guanidine groups is 1. The molecule has 168 valence electrons. The number of nitrogens with zero attached hydrogens (tertiary/aromatic N) is 1. The number of carbonyl (C=O) groups is 1. The normalized spacial score (nSPS) is 16.0. The van der Waals surface area contributed by atoms with Crippen LogP contribution >= 0.6 is 24.0 Å². The van der Waals surface area contributed by atoms with Gasteiger partial charge >= 0.3 is 0 Å². The van der Waals surface area contributed by atoms with Crippen molar-refractivity contribution in [3.63, 3.8) is 0 Å². The quantitative estimate of drug-likeness (QED) is 0.297. The van der Waals surface area contributed by atoms with E-state index in [1.807, 2.05) is 39.0 Å². The molecule has 0 saturated heterocycles. The highest BCUT2D eigenvalue weighted by molar-refractivity contribution is 14.0. The molecule has 0 aliphatic carbocycles. The molecular formula is C24H33IN4O2. The molecule has 0 saturated carbocycles. The van der Waals surface area contributed by atoms with Crippen LogP contribution in [0.25, 0.3) is 0 Å². The molecule has 6 nitrogen and oxygen atoms in total. The van der Waals surface area contributed by atoms with Crippen molar-refractivity contribution >= 4 is 41.5 Å². The Morgan fingerprint density at radius 3 is 2.65 bits per heavy atom. The van der Waals surface area contributed by atoms with Crippen molar-refractivity contribution < 1.29 is 9.53 Å². The number of aryl methyl sites for hydroxylation is 1. The summed E-state index contributed by atoms with van der Waals surface area (Å²) in [6.07, 6.45) is 0.461. The standard InChI is InChI=1S/C24H32N4O2.HI/c1-16-10-11-17(21(12-16)30-24(2,3)4)14-26-23(25-5)27-15-18-13-22(29)28-20-9-7-6-8-19(18)20;/h6-12,18H,13-15H2,1-5H3,(H,28,29)(H2,25,26,27);1H. The molecule has 1 aliphatic heterocycles. The van der Waals surface area contributed by atoms with E-state index in [2.05, 4.69) is 52.1 Å². The molecule has 1 amide bonds.